The number of likely N-dealkylation sites (tertiary alicyclic amines) is 1. The molecular formula is C24H29N5O3. The fourth-order valence-corrected chi connectivity index (χ4v) is 3.68. The highest BCUT2D eigenvalue weighted by Gasteiger charge is 2.27. The number of nitrogens with zero attached hydrogens (tertiary/aromatic N) is 5. The van der Waals surface area contributed by atoms with Gasteiger partial charge in [0, 0.05) is 31.0 Å². The zero-order chi connectivity index (χ0) is 22.6. The maximum atomic E-state index is 12.2. The number of hydrogen-bond acceptors (Lipinski definition) is 7. The number of amides is 1. The van der Waals surface area contributed by atoms with Crippen LogP contribution < -0.4 is 0 Å². The van der Waals surface area contributed by atoms with E-state index in [1.165, 1.54) is 6.33 Å². The molecule has 2 aromatic rings. The molecule has 0 unspecified atom stereocenters. The molecule has 0 bridgehead atoms. The van der Waals surface area contributed by atoms with Crippen LogP contribution in [0.1, 0.15) is 39.2 Å². The van der Waals surface area contributed by atoms with Crippen molar-refractivity contribution >= 4 is 17.6 Å². The number of piperidine rings is 1. The number of ether oxygens (including phenoxy) is 2. The molecule has 168 valence electrons. The van der Waals surface area contributed by atoms with Crippen molar-refractivity contribution in [3.63, 3.8) is 0 Å². The summed E-state index contributed by atoms with van der Waals surface area (Å²) in [5.41, 5.74) is 3.51. The van der Waals surface area contributed by atoms with Gasteiger partial charge in [-0.1, -0.05) is 18.2 Å². The van der Waals surface area contributed by atoms with Crippen molar-refractivity contribution < 1.29 is 14.3 Å². The largest absolute Gasteiger partial charge is 0.444 e. The first-order valence-corrected chi connectivity index (χ1v) is 10.9. The van der Waals surface area contributed by atoms with E-state index in [1.807, 2.05) is 39.0 Å². The van der Waals surface area contributed by atoms with E-state index in [1.54, 1.807) is 17.3 Å². The summed E-state index contributed by atoms with van der Waals surface area (Å²) in [6, 6.07) is 8.17. The number of aliphatic imine (C=N–C) groups is 2. The fraction of sp³-hybridized carbons (Fsp3) is 0.458. The van der Waals surface area contributed by atoms with Crippen LogP contribution >= 0.6 is 0 Å². The topological polar surface area (TPSA) is 89.3 Å². The maximum absolute atomic E-state index is 12.2. The Bertz CT molecular complexity index is 1010. The number of rotatable bonds is 5. The van der Waals surface area contributed by atoms with E-state index in [-0.39, 0.29) is 12.2 Å². The molecular weight excluding hydrogens is 406 g/mol. The van der Waals surface area contributed by atoms with Gasteiger partial charge in [0.2, 0.25) is 0 Å². The molecule has 1 fully saturated rings. The number of hydrogen-bond donors (Lipinski definition) is 0. The molecule has 0 radical (unpaired) electrons. The number of amidine groups is 1. The zero-order valence-corrected chi connectivity index (χ0v) is 18.8. The number of aromatic nitrogens is 2. The molecule has 1 saturated heterocycles. The summed E-state index contributed by atoms with van der Waals surface area (Å²) >= 11 is 0. The van der Waals surface area contributed by atoms with Crippen LogP contribution in [0, 0.1) is 0 Å². The molecule has 8 nitrogen and oxygen atoms in total. The van der Waals surface area contributed by atoms with Crippen LogP contribution in [0.25, 0.3) is 11.1 Å². The summed E-state index contributed by atoms with van der Waals surface area (Å²) in [6.07, 6.45) is 6.52. The average molecular weight is 436 g/mol. The van der Waals surface area contributed by atoms with E-state index in [2.05, 4.69) is 26.0 Å². The lowest BCUT2D eigenvalue weighted by molar-refractivity contribution is -0.00290. The highest BCUT2D eigenvalue weighted by molar-refractivity contribution is 6.13. The van der Waals surface area contributed by atoms with Gasteiger partial charge in [0.1, 0.15) is 24.4 Å². The van der Waals surface area contributed by atoms with E-state index < -0.39 is 5.60 Å². The number of benzene rings is 1. The minimum Gasteiger partial charge on any atom is -0.444 e. The summed E-state index contributed by atoms with van der Waals surface area (Å²) in [6.45, 7) is 7.84. The van der Waals surface area contributed by atoms with Gasteiger partial charge in [-0.15, -0.1) is 0 Å². The molecule has 3 heterocycles. The minimum atomic E-state index is -0.477. The second-order valence-corrected chi connectivity index (χ2v) is 8.98. The molecule has 1 amide bonds. The quantitative estimate of drug-likeness (QED) is 0.713. The molecule has 2 aliphatic rings. The van der Waals surface area contributed by atoms with Crippen LogP contribution in [0.2, 0.25) is 0 Å². The van der Waals surface area contributed by atoms with Crippen LogP contribution in [-0.4, -0.2) is 70.5 Å². The summed E-state index contributed by atoms with van der Waals surface area (Å²) in [4.78, 5) is 31.3. The summed E-state index contributed by atoms with van der Waals surface area (Å²) in [5, 5.41) is 0. The first-order valence-electron chi connectivity index (χ1n) is 10.9. The van der Waals surface area contributed by atoms with Crippen molar-refractivity contribution in [3.8, 4) is 11.1 Å². The summed E-state index contributed by atoms with van der Waals surface area (Å²) < 4.78 is 11.5. The first-order chi connectivity index (χ1) is 15.4. The van der Waals surface area contributed by atoms with E-state index in [9.17, 15) is 4.79 Å². The summed E-state index contributed by atoms with van der Waals surface area (Å²) in [5.74, 6) is 0.711. The fourth-order valence-electron chi connectivity index (χ4n) is 3.68. The van der Waals surface area contributed by atoms with Gasteiger partial charge in [0.05, 0.1) is 18.4 Å². The van der Waals surface area contributed by atoms with Crippen LogP contribution in [0.3, 0.4) is 0 Å². The lowest BCUT2D eigenvalue weighted by Crippen LogP contribution is -2.43. The Kier molecular flexibility index (Phi) is 6.60. The monoisotopic (exact) mass is 435 g/mol. The minimum absolute atomic E-state index is 0.0945. The third-order valence-electron chi connectivity index (χ3n) is 5.31. The van der Waals surface area contributed by atoms with Crippen molar-refractivity contribution in [2.24, 2.45) is 9.98 Å². The van der Waals surface area contributed by atoms with Gasteiger partial charge in [-0.2, -0.15) is 0 Å². The van der Waals surface area contributed by atoms with Gasteiger partial charge in [0.25, 0.3) is 0 Å². The second kappa shape index (κ2) is 9.56. The molecule has 2 aliphatic heterocycles. The predicted octanol–water partition coefficient (Wildman–Crippen LogP) is 3.76. The van der Waals surface area contributed by atoms with Crippen LogP contribution in [0.15, 0.2) is 53.0 Å². The lowest BCUT2D eigenvalue weighted by atomic mass is 10.0. The van der Waals surface area contributed by atoms with Gasteiger partial charge < -0.3 is 14.4 Å². The molecule has 0 N–H and O–H groups in total. The lowest BCUT2D eigenvalue weighted by Gasteiger charge is -2.33. The third kappa shape index (κ3) is 5.76. The molecule has 32 heavy (non-hydrogen) atoms. The molecule has 1 aromatic carbocycles. The Hall–Kier alpha value is -3.13. The standard InChI is InChI=1S/C24H29N5O3/c1-24(2,3)32-23(30)29-9-7-20(8-10-29)31-15-22-27-14-21(28-22)18-6-4-5-17(11-18)19-12-25-16-26-13-19/h4-6,11-13,16,20H,7-10,14-15H2,1-3H3. The molecule has 8 heteroatoms. The van der Waals surface area contributed by atoms with Crippen molar-refractivity contribution in [2.45, 2.75) is 45.3 Å². The highest BCUT2D eigenvalue weighted by Crippen LogP contribution is 2.21. The van der Waals surface area contributed by atoms with Crippen molar-refractivity contribution in [2.75, 3.05) is 26.2 Å². The van der Waals surface area contributed by atoms with E-state index >= 15 is 0 Å². The molecule has 0 saturated carbocycles. The first kappa shape index (κ1) is 22.1. The Morgan fingerprint density at radius 2 is 1.81 bits per heavy atom. The Morgan fingerprint density at radius 1 is 1.09 bits per heavy atom. The predicted molar refractivity (Wildman–Crippen MR) is 123 cm³/mol. The van der Waals surface area contributed by atoms with E-state index in [0.717, 1.165) is 35.2 Å². The van der Waals surface area contributed by atoms with E-state index in [0.29, 0.717) is 32.1 Å². The Morgan fingerprint density at radius 3 is 2.53 bits per heavy atom. The third-order valence-corrected chi connectivity index (χ3v) is 5.31. The van der Waals surface area contributed by atoms with Crippen molar-refractivity contribution in [1.29, 1.82) is 0 Å². The molecule has 4 rings (SSSR count). The maximum Gasteiger partial charge on any atom is 0.410 e. The smallest absolute Gasteiger partial charge is 0.410 e. The number of carbonyl (C=O) groups is 1. The molecule has 0 aliphatic carbocycles. The second-order valence-electron chi connectivity index (χ2n) is 8.98. The highest BCUT2D eigenvalue weighted by atomic mass is 16.6. The normalized spacial score (nSPS) is 17.2. The van der Waals surface area contributed by atoms with Gasteiger partial charge >= 0.3 is 6.09 Å². The van der Waals surface area contributed by atoms with Crippen molar-refractivity contribution in [3.05, 3.63) is 48.5 Å². The van der Waals surface area contributed by atoms with Crippen molar-refractivity contribution in [1.82, 2.24) is 14.9 Å². The molecule has 0 spiro atoms. The van der Waals surface area contributed by atoms with Gasteiger partial charge in [-0.05, 0) is 50.8 Å². The SMILES string of the molecule is CC(C)(C)OC(=O)N1CCC(OCC2=NCC(c3cccc(-c4cncnc4)c3)=N2)CC1. The number of carbonyl (C=O) groups excluding carboxylic acids is 1. The summed E-state index contributed by atoms with van der Waals surface area (Å²) in [7, 11) is 0. The Labute approximate surface area is 188 Å². The average Bonchev–Trinajstić information content (AvgIpc) is 3.27. The van der Waals surface area contributed by atoms with Gasteiger partial charge in [0.15, 0.2) is 0 Å². The van der Waals surface area contributed by atoms with Gasteiger partial charge in [-0.3, -0.25) is 4.99 Å². The molecule has 0 atom stereocenters. The molecule has 1 aromatic heterocycles. The zero-order valence-electron chi connectivity index (χ0n) is 18.8. The van der Waals surface area contributed by atoms with Crippen LogP contribution in [0.4, 0.5) is 4.79 Å². The van der Waals surface area contributed by atoms with Crippen LogP contribution in [-0.2, 0) is 9.47 Å². The van der Waals surface area contributed by atoms with Crippen LogP contribution in [0.5, 0.6) is 0 Å². The van der Waals surface area contributed by atoms with Gasteiger partial charge in [-0.25, -0.2) is 19.8 Å². The Balaban J connectivity index is 1.28. The van der Waals surface area contributed by atoms with E-state index in [4.69, 9.17) is 9.47 Å².